The van der Waals surface area contributed by atoms with Gasteiger partial charge in [-0.2, -0.15) is 11.8 Å². The molecule has 2 fully saturated rings. The lowest BCUT2D eigenvalue weighted by molar-refractivity contribution is -0.0959. The Morgan fingerprint density at radius 3 is 2.81 bits per heavy atom. The molecular weight excluding hydrogens is 282 g/mol. The number of carbonyl (C=O) groups is 1. The average molecular weight is 305 g/mol. The highest BCUT2D eigenvalue weighted by molar-refractivity contribution is 7.99. The Bertz CT molecular complexity index is 532. The number of carbonyl (C=O) groups excluding carboxylic acids is 1. The molecule has 3 heterocycles. The maximum absolute atomic E-state index is 12.9. The Morgan fingerprint density at radius 1 is 1.33 bits per heavy atom. The van der Waals surface area contributed by atoms with Crippen molar-refractivity contribution in [1.29, 1.82) is 0 Å². The van der Waals surface area contributed by atoms with Crippen LogP contribution in [-0.2, 0) is 4.74 Å². The predicted octanol–water partition coefficient (Wildman–Crippen LogP) is 3.57. The normalized spacial score (nSPS) is 25.0. The van der Waals surface area contributed by atoms with Crippen LogP contribution in [0.5, 0.6) is 0 Å². The highest BCUT2D eigenvalue weighted by atomic mass is 32.2. The van der Waals surface area contributed by atoms with E-state index in [1.807, 2.05) is 37.7 Å². The van der Waals surface area contributed by atoms with E-state index in [1.165, 1.54) is 0 Å². The molecular formula is C17H23NO2S. The third-order valence-corrected chi connectivity index (χ3v) is 5.74. The molecule has 3 nitrogen and oxygen atoms in total. The van der Waals surface area contributed by atoms with Crippen molar-refractivity contribution in [3.8, 4) is 0 Å². The van der Waals surface area contributed by atoms with E-state index in [9.17, 15) is 4.79 Å². The second-order valence-electron chi connectivity index (χ2n) is 6.28. The van der Waals surface area contributed by atoms with E-state index in [-0.39, 0.29) is 17.3 Å². The summed E-state index contributed by atoms with van der Waals surface area (Å²) in [5.74, 6) is 2.68. The van der Waals surface area contributed by atoms with E-state index < -0.39 is 0 Å². The van der Waals surface area contributed by atoms with Crippen LogP contribution in [0.1, 0.15) is 47.4 Å². The molecule has 21 heavy (non-hydrogen) atoms. The van der Waals surface area contributed by atoms with Crippen LogP contribution >= 0.6 is 11.8 Å². The van der Waals surface area contributed by atoms with Crippen LogP contribution in [0.25, 0.3) is 0 Å². The number of pyridine rings is 1. The summed E-state index contributed by atoms with van der Waals surface area (Å²) in [7, 11) is 0. The van der Waals surface area contributed by atoms with Gasteiger partial charge in [-0.15, -0.1) is 0 Å². The van der Waals surface area contributed by atoms with Crippen molar-refractivity contribution in [2.45, 2.75) is 45.1 Å². The maximum atomic E-state index is 12.9. The van der Waals surface area contributed by atoms with Crippen molar-refractivity contribution in [1.82, 2.24) is 4.98 Å². The van der Waals surface area contributed by atoms with Gasteiger partial charge in [-0.3, -0.25) is 9.78 Å². The van der Waals surface area contributed by atoms with Gasteiger partial charge in [0.25, 0.3) is 0 Å². The number of ketones is 1. The van der Waals surface area contributed by atoms with Crippen LogP contribution in [0.4, 0.5) is 0 Å². The second kappa shape index (κ2) is 6.09. The van der Waals surface area contributed by atoms with Gasteiger partial charge in [-0.1, -0.05) is 0 Å². The average Bonchev–Trinajstić information content (AvgIpc) is 2.47. The summed E-state index contributed by atoms with van der Waals surface area (Å²) >= 11 is 2.00. The minimum Gasteiger partial charge on any atom is -0.375 e. The lowest BCUT2D eigenvalue weighted by Gasteiger charge is -2.43. The zero-order valence-corrected chi connectivity index (χ0v) is 13.7. The fourth-order valence-electron chi connectivity index (χ4n) is 3.51. The highest BCUT2D eigenvalue weighted by Gasteiger charge is 2.41. The predicted molar refractivity (Wildman–Crippen MR) is 86.0 cm³/mol. The van der Waals surface area contributed by atoms with Crippen LogP contribution in [-0.4, -0.2) is 34.5 Å². The summed E-state index contributed by atoms with van der Waals surface area (Å²) in [6.45, 7) is 4.62. The topological polar surface area (TPSA) is 39.2 Å². The molecule has 1 atom stereocenters. The molecule has 0 saturated carbocycles. The molecule has 4 heteroatoms. The molecule has 1 aromatic rings. The van der Waals surface area contributed by atoms with Gasteiger partial charge in [-0.05, 0) is 63.2 Å². The molecule has 0 radical (unpaired) electrons. The summed E-state index contributed by atoms with van der Waals surface area (Å²) in [6.07, 6.45) is 3.92. The lowest BCUT2D eigenvalue weighted by atomic mass is 9.78. The number of nitrogens with zero attached hydrogens (tertiary/aromatic N) is 1. The molecule has 0 amide bonds. The first-order valence-electron chi connectivity index (χ1n) is 7.80. The standard InChI is InChI=1S/C17H23NO2S/c1-12-3-4-15(13(2)18-12)16(19)14-5-8-20-17(11-14)6-9-21-10-7-17/h3-4,14H,5-11H2,1-2H3. The van der Waals surface area contributed by atoms with Crippen LogP contribution in [0.3, 0.4) is 0 Å². The number of rotatable bonds is 2. The quantitative estimate of drug-likeness (QED) is 0.783. The zero-order valence-electron chi connectivity index (χ0n) is 12.9. The molecule has 3 rings (SSSR count). The monoisotopic (exact) mass is 305 g/mol. The maximum Gasteiger partial charge on any atom is 0.167 e. The second-order valence-corrected chi connectivity index (χ2v) is 7.51. The van der Waals surface area contributed by atoms with E-state index in [1.54, 1.807) is 0 Å². The molecule has 1 spiro atoms. The van der Waals surface area contributed by atoms with Gasteiger partial charge in [0.15, 0.2) is 5.78 Å². The third-order valence-electron chi connectivity index (χ3n) is 4.76. The summed E-state index contributed by atoms with van der Waals surface area (Å²) in [5, 5.41) is 0. The lowest BCUT2D eigenvalue weighted by Crippen LogP contribution is -2.44. The molecule has 2 aliphatic rings. The molecule has 0 aliphatic carbocycles. The zero-order chi connectivity index (χ0) is 14.9. The molecule has 2 aliphatic heterocycles. The Kier molecular flexibility index (Phi) is 4.36. The summed E-state index contributed by atoms with van der Waals surface area (Å²) < 4.78 is 6.09. The summed E-state index contributed by atoms with van der Waals surface area (Å²) in [4.78, 5) is 17.3. The van der Waals surface area contributed by atoms with Crippen molar-refractivity contribution in [3.63, 3.8) is 0 Å². The minimum absolute atomic E-state index is 0.0319. The SMILES string of the molecule is Cc1ccc(C(=O)C2CCOC3(CCSCC3)C2)c(C)n1. The number of aromatic nitrogens is 1. The van der Waals surface area contributed by atoms with E-state index in [4.69, 9.17) is 4.74 Å². The Balaban J connectivity index is 1.77. The number of hydrogen-bond donors (Lipinski definition) is 0. The van der Waals surface area contributed by atoms with Crippen LogP contribution in [0.15, 0.2) is 12.1 Å². The molecule has 0 aromatic carbocycles. The van der Waals surface area contributed by atoms with Crippen molar-refractivity contribution in [3.05, 3.63) is 29.1 Å². The fourth-order valence-corrected chi connectivity index (χ4v) is 4.75. The number of thioether (sulfide) groups is 1. The number of Topliss-reactive ketones (excluding diaryl/α,β-unsaturated/α-hetero) is 1. The summed E-state index contributed by atoms with van der Waals surface area (Å²) in [6, 6.07) is 3.88. The van der Waals surface area contributed by atoms with Gasteiger partial charge >= 0.3 is 0 Å². The molecule has 0 N–H and O–H groups in total. The van der Waals surface area contributed by atoms with Gasteiger partial charge in [0.2, 0.25) is 0 Å². The molecule has 1 aromatic heterocycles. The number of aryl methyl sites for hydroxylation is 2. The highest BCUT2D eigenvalue weighted by Crippen LogP contribution is 2.40. The summed E-state index contributed by atoms with van der Waals surface area (Å²) in [5.41, 5.74) is 2.60. The van der Waals surface area contributed by atoms with Crippen LogP contribution in [0.2, 0.25) is 0 Å². The Morgan fingerprint density at radius 2 is 2.10 bits per heavy atom. The minimum atomic E-state index is -0.0319. The molecule has 0 bridgehead atoms. The van der Waals surface area contributed by atoms with E-state index in [2.05, 4.69) is 4.98 Å². The first kappa shape index (κ1) is 15.0. The Labute approximate surface area is 130 Å². The molecule has 2 saturated heterocycles. The van der Waals surface area contributed by atoms with Gasteiger partial charge in [0, 0.05) is 29.5 Å². The molecule has 114 valence electrons. The van der Waals surface area contributed by atoms with Gasteiger partial charge in [0.05, 0.1) is 5.60 Å². The van der Waals surface area contributed by atoms with Crippen molar-refractivity contribution in [2.24, 2.45) is 5.92 Å². The van der Waals surface area contributed by atoms with E-state index in [0.717, 1.165) is 60.7 Å². The third kappa shape index (κ3) is 3.16. The van der Waals surface area contributed by atoms with Gasteiger partial charge in [-0.25, -0.2) is 0 Å². The van der Waals surface area contributed by atoms with E-state index >= 15 is 0 Å². The van der Waals surface area contributed by atoms with Crippen molar-refractivity contribution in [2.75, 3.05) is 18.1 Å². The van der Waals surface area contributed by atoms with Gasteiger partial charge in [0.1, 0.15) is 0 Å². The number of ether oxygens (including phenoxy) is 1. The fraction of sp³-hybridized carbons (Fsp3) is 0.647. The molecule has 1 unspecified atom stereocenters. The van der Waals surface area contributed by atoms with Crippen LogP contribution < -0.4 is 0 Å². The van der Waals surface area contributed by atoms with Crippen molar-refractivity contribution >= 4 is 17.5 Å². The first-order valence-corrected chi connectivity index (χ1v) is 8.95. The Hall–Kier alpha value is -0.870. The first-order chi connectivity index (χ1) is 10.1. The number of hydrogen-bond acceptors (Lipinski definition) is 4. The van der Waals surface area contributed by atoms with E-state index in [0.29, 0.717) is 0 Å². The largest absolute Gasteiger partial charge is 0.375 e. The smallest absolute Gasteiger partial charge is 0.167 e. The van der Waals surface area contributed by atoms with Crippen molar-refractivity contribution < 1.29 is 9.53 Å². The van der Waals surface area contributed by atoms with Crippen LogP contribution in [0, 0.1) is 19.8 Å². The van der Waals surface area contributed by atoms with Gasteiger partial charge < -0.3 is 4.74 Å².